The molecule has 0 saturated carbocycles. The maximum atomic E-state index is 11.0. The molecule has 32 heavy (non-hydrogen) atoms. The Morgan fingerprint density at radius 2 is 1.78 bits per heavy atom. The number of nitro groups is 1. The van der Waals surface area contributed by atoms with Gasteiger partial charge in [0.2, 0.25) is 4.80 Å². The van der Waals surface area contributed by atoms with Gasteiger partial charge in [0.25, 0.3) is 5.69 Å². The molecule has 7 nitrogen and oxygen atoms in total. The van der Waals surface area contributed by atoms with Crippen LogP contribution in [0.2, 0.25) is 0 Å². The van der Waals surface area contributed by atoms with Crippen LogP contribution in [0.1, 0.15) is 36.8 Å². The number of hydrogen-bond acceptors (Lipinski definition) is 6. The fourth-order valence-electron chi connectivity index (χ4n) is 3.12. The Hall–Kier alpha value is -3.78. The maximum absolute atomic E-state index is 11.0. The fourth-order valence-corrected chi connectivity index (χ4v) is 3.98. The van der Waals surface area contributed by atoms with Crippen LogP contribution in [0, 0.1) is 17.0 Å². The van der Waals surface area contributed by atoms with E-state index in [0.29, 0.717) is 16.5 Å². The van der Waals surface area contributed by atoms with Crippen molar-refractivity contribution < 1.29 is 9.34 Å². The second kappa shape index (κ2) is 9.15. The molecular formula is C24H22N4O3S. The molecule has 0 fully saturated rings. The summed E-state index contributed by atoms with van der Waals surface area (Å²) in [6, 6.07) is 18.2. The van der Waals surface area contributed by atoms with Crippen LogP contribution in [0.5, 0.6) is 0 Å². The van der Waals surface area contributed by atoms with E-state index in [2.05, 4.69) is 31.1 Å². The Bertz CT molecular complexity index is 1330. The van der Waals surface area contributed by atoms with Crippen molar-refractivity contribution in [2.75, 3.05) is 0 Å². The highest BCUT2D eigenvalue weighted by Gasteiger charge is 2.11. The van der Waals surface area contributed by atoms with Crippen LogP contribution in [-0.4, -0.2) is 15.8 Å². The Kier molecular flexibility index (Phi) is 6.13. The van der Waals surface area contributed by atoms with Gasteiger partial charge < -0.3 is 4.42 Å². The summed E-state index contributed by atoms with van der Waals surface area (Å²) in [4.78, 5) is 16.0. The van der Waals surface area contributed by atoms with Gasteiger partial charge in [-0.25, -0.2) is 9.67 Å². The number of rotatable bonds is 6. The molecule has 0 amide bonds. The van der Waals surface area contributed by atoms with Gasteiger partial charge in [-0.05, 0) is 54.8 Å². The molecule has 0 aliphatic carbocycles. The molecule has 0 saturated heterocycles. The standard InChI is InChI=1S/C24H22N4O3S/c1-16(2)18-5-9-20(10-6-18)26-24-27(25-14-22-13-4-17(3)31-22)23(15-32-24)19-7-11-21(12-8-19)28(29)30/h4-16H,1-3H3. The molecule has 0 radical (unpaired) electrons. The van der Waals surface area contributed by atoms with Crippen LogP contribution in [0.4, 0.5) is 11.4 Å². The molecule has 0 N–H and O–H groups in total. The minimum Gasteiger partial charge on any atom is -0.460 e. The molecule has 4 aromatic rings. The normalized spacial score (nSPS) is 12.2. The van der Waals surface area contributed by atoms with Crippen molar-refractivity contribution >= 4 is 28.9 Å². The van der Waals surface area contributed by atoms with Gasteiger partial charge in [-0.3, -0.25) is 10.1 Å². The molecule has 0 unspecified atom stereocenters. The second-order valence-electron chi connectivity index (χ2n) is 7.57. The molecule has 2 heterocycles. The van der Waals surface area contributed by atoms with Crippen LogP contribution in [0.15, 0.2) is 80.6 Å². The number of non-ortho nitro benzene ring substituents is 1. The van der Waals surface area contributed by atoms with E-state index in [1.165, 1.54) is 29.0 Å². The van der Waals surface area contributed by atoms with Gasteiger partial charge in [0, 0.05) is 23.1 Å². The predicted octanol–water partition coefficient (Wildman–Crippen LogP) is 6.26. The van der Waals surface area contributed by atoms with Gasteiger partial charge >= 0.3 is 0 Å². The van der Waals surface area contributed by atoms with E-state index in [9.17, 15) is 10.1 Å². The van der Waals surface area contributed by atoms with Gasteiger partial charge in [-0.1, -0.05) is 26.0 Å². The monoisotopic (exact) mass is 446 g/mol. The first-order valence-corrected chi connectivity index (χ1v) is 11.0. The number of hydrogen-bond donors (Lipinski definition) is 0. The first-order valence-electron chi connectivity index (χ1n) is 10.1. The molecule has 0 aliphatic heterocycles. The summed E-state index contributed by atoms with van der Waals surface area (Å²) >= 11 is 1.45. The van der Waals surface area contributed by atoms with Crippen molar-refractivity contribution in [2.45, 2.75) is 26.7 Å². The van der Waals surface area contributed by atoms with Crippen LogP contribution < -0.4 is 4.80 Å². The van der Waals surface area contributed by atoms with Gasteiger partial charge in [0.15, 0.2) is 0 Å². The number of nitro benzene ring substituents is 1. The number of aromatic nitrogens is 1. The fraction of sp³-hybridized carbons (Fsp3) is 0.167. The van der Waals surface area contributed by atoms with E-state index in [1.54, 1.807) is 23.0 Å². The molecule has 2 aromatic carbocycles. The highest BCUT2D eigenvalue weighted by atomic mass is 32.1. The zero-order valence-electron chi connectivity index (χ0n) is 17.9. The summed E-state index contributed by atoms with van der Waals surface area (Å²) < 4.78 is 7.32. The second-order valence-corrected chi connectivity index (χ2v) is 8.41. The summed E-state index contributed by atoms with van der Waals surface area (Å²) in [7, 11) is 0. The van der Waals surface area contributed by atoms with E-state index in [4.69, 9.17) is 9.41 Å². The topological polar surface area (TPSA) is 85.9 Å². The lowest BCUT2D eigenvalue weighted by molar-refractivity contribution is -0.384. The van der Waals surface area contributed by atoms with E-state index in [1.807, 2.05) is 36.6 Å². The molecule has 0 atom stereocenters. The van der Waals surface area contributed by atoms with Crippen LogP contribution in [0.25, 0.3) is 11.3 Å². The molecule has 8 heteroatoms. The number of aryl methyl sites for hydroxylation is 1. The Morgan fingerprint density at radius 1 is 1.06 bits per heavy atom. The number of thiazole rings is 1. The molecule has 2 aromatic heterocycles. The smallest absolute Gasteiger partial charge is 0.269 e. The quantitative estimate of drug-likeness (QED) is 0.199. The number of furan rings is 1. The van der Waals surface area contributed by atoms with E-state index in [0.717, 1.165) is 22.7 Å². The highest BCUT2D eigenvalue weighted by molar-refractivity contribution is 7.07. The molecule has 4 rings (SSSR count). The first kappa shape index (κ1) is 21.5. The number of benzene rings is 2. The lowest BCUT2D eigenvalue weighted by Gasteiger charge is -2.05. The third kappa shape index (κ3) is 4.76. The van der Waals surface area contributed by atoms with E-state index in [-0.39, 0.29) is 5.69 Å². The van der Waals surface area contributed by atoms with Crippen molar-refractivity contribution in [3.8, 4) is 11.3 Å². The SMILES string of the molecule is Cc1ccc(C=Nn2c(-c3ccc([N+](=O)[O-])cc3)csc2=Nc2ccc(C(C)C)cc2)o1. The van der Waals surface area contributed by atoms with Crippen molar-refractivity contribution in [2.24, 2.45) is 10.1 Å². The van der Waals surface area contributed by atoms with Crippen molar-refractivity contribution in [1.82, 2.24) is 4.68 Å². The Morgan fingerprint density at radius 3 is 2.38 bits per heavy atom. The Balaban J connectivity index is 1.79. The van der Waals surface area contributed by atoms with E-state index < -0.39 is 4.92 Å². The average Bonchev–Trinajstić information content (AvgIpc) is 3.38. The molecule has 0 spiro atoms. The highest BCUT2D eigenvalue weighted by Crippen LogP contribution is 2.24. The summed E-state index contributed by atoms with van der Waals surface area (Å²) in [5.74, 6) is 1.88. The summed E-state index contributed by atoms with van der Waals surface area (Å²) in [5.41, 5.74) is 3.70. The van der Waals surface area contributed by atoms with Crippen molar-refractivity contribution in [1.29, 1.82) is 0 Å². The van der Waals surface area contributed by atoms with Gasteiger partial charge in [0.05, 0.1) is 22.5 Å². The molecule has 162 valence electrons. The minimum atomic E-state index is -0.412. The van der Waals surface area contributed by atoms with Gasteiger partial charge in [-0.15, -0.1) is 11.3 Å². The van der Waals surface area contributed by atoms with Crippen molar-refractivity contribution in [3.05, 3.63) is 98.0 Å². The molecule has 0 bridgehead atoms. The zero-order chi connectivity index (χ0) is 22.7. The van der Waals surface area contributed by atoms with Crippen LogP contribution >= 0.6 is 11.3 Å². The molecule has 0 aliphatic rings. The zero-order valence-corrected chi connectivity index (χ0v) is 18.7. The molecular weight excluding hydrogens is 424 g/mol. The average molecular weight is 447 g/mol. The first-order chi connectivity index (χ1) is 15.4. The van der Waals surface area contributed by atoms with Crippen LogP contribution in [-0.2, 0) is 0 Å². The van der Waals surface area contributed by atoms with Gasteiger partial charge in [0.1, 0.15) is 11.5 Å². The summed E-state index contributed by atoms with van der Waals surface area (Å²) in [6.45, 7) is 6.18. The third-order valence-corrected chi connectivity index (χ3v) is 5.72. The van der Waals surface area contributed by atoms with Gasteiger partial charge in [-0.2, -0.15) is 5.10 Å². The number of nitrogens with zero attached hydrogens (tertiary/aromatic N) is 4. The third-order valence-electron chi connectivity index (χ3n) is 4.91. The van der Waals surface area contributed by atoms with Crippen LogP contribution in [0.3, 0.4) is 0 Å². The Labute approximate surface area is 189 Å². The maximum Gasteiger partial charge on any atom is 0.269 e. The van der Waals surface area contributed by atoms with E-state index >= 15 is 0 Å². The lowest BCUT2D eigenvalue weighted by Crippen LogP contribution is -2.11. The minimum absolute atomic E-state index is 0.0419. The summed E-state index contributed by atoms with van der Waals surface area (Å²) in [5, 5.41) is 17.5. The largest absolute Gasteiger partial charge is 0.460 e. The summed E-state index contributed by atoms with van der Waals surface area (Å²) in [6.07, 6.45) is 1.63. The lowest BCUT2D eigenvalue weighted by atomic mass is 10.0. The van der Waals surface area contributed by atoms with Crippen molar-refractivity contribution in [3.63, 3.8) is 0 Å². The predicted molar refractivity (Wildman–Crippen MR) is 127 cm³/mol.